The lowest BCUT2D eigenvalue weighted by molar-refractivity contribution is 0.485. The van der Waals surface area contributed by atoms with Crippen LogP contribution in [0.5, 0.6) is 0 Å². The van der Waals surface area contributed by atoms with Gasteiger partial charge in [0.05, 0.1) is 5.75 Å². The van der Waals surface area contributed by atoms with Crippen molar-refractivity contribution < 1.29 is 13.0 Å². The van der Waals surface area contributed by atoms with Crippen molar-refractivity contribution in [2.45, 2.75) is 0 Å². The topological polar surface area (TPSA) is 57.6 Å². The molecule has 12 heavy (non-hydrogen) atoms. The molecule has 0 aromatic rings. The Balaban J connectivity index is 3.66. The molecule has 72 valence electrons. The number of thiocarbonyl (C=S) groups is 1. The summed E-state index contributed by atoms with van der Waals surface area (Å²) in [5.41, 5.74) is 0. The van der Waals surface area contributed by atoms with E-state index in [0.717, 1.165) is 0 Å². The minimum Gasteiger partial charge on any atom is -0.364 e. The number of hydrogen-bond acceptors (Lipinski definition) is 4. The van der Waals surface area contributed by atoms with Crippen LogP contribution in [-0.2, 0) is 10.1 Å². The second-order valence-electron chi connectivity index (χ2n) is 2.29. The molecule has 0 aliphatic rings. The number of thioether (sulfide) groups is 1. The zero-order valence-electron chi connectivity index (χ0n) is 6.85. The summed E-state index contributed by atoms with van der Waals surface area (Å²) in [5, 5.41) is 0. The van der Waals surface area contributed by atoms with Crippen LogP contribution in [0.2, 0.25) is 0 Å². The quantitative estimate of drug-likeness (QED) is 0.560. The molecule has 0 saturated carbocycles. The zero-order valence-corrected chi connectivity index (χ0v) is 9.30. The van der Waals surface area contributed by atoms with Crippen LogP contribution in [0.25, 0.3) is 0 Å². The molecule has 0 bridgehead atoms. The highest BCUT2D eigenvalue weighted by Crippen LogP contribution is 2.06. The van der Waals surface area contributed by atoms with Crippen molar-refractivity contribution in [3.63, 3.8) is 0 Å². The predicted molar refractivity (Wildman–Crippen MR) is 55.2 cm³/mol. The Labute approximate surface area is 82.1 Å². The van der Waals surface area contributed by atoms with Crippen molar-refractivity contribution in [2.24, 2.45) is 0 Å². The van der Waals surface area contributed by atoms with Crippen molar-refractivity contribution in [2.75, 3.05) is 25.6 Å². The highest BCUT2D eigenvalue weighted by atomic mass is 32.2. The Morgan fingerprint density at radius 1 is 1.58 bits per heavy atom. The lowest BCUT2D eigenvalue weighted by atomic mass is 11.0. The molecule has 0 aliphatic heterocycles. The third-order valence-corrected chi connectivity index (χ3v) is 3.65. The fourth-order valence-electron chi connectivity index (χ4n) is 0.363. The summed E-state index contributed by atoms with van der Waals surface area (Å²) in [4.78, 5) is 1.71. The van der Waals surface area contributed by atoms with Gasteiger partial charge in [-0.15, -0.1) is 0 Å². The van der Waals surface area contributed by atoms with Gasteiger partial charge < -0.3 is 4.90 Å². The highest BCUT2D eigenvalue weighted by Gasteiger charge is 2.06. The Morgan fingerprint density at radius 3 is 2.42 bits per heavy atom. The number of nitrogens with zero attached hydrogens (tertiary/aromatic N) is 1. The molecule has 0 rings (SSSR count). The summed E-state index contributed by atoms with van der Waals surface area (Å²) < 4.78 is 29.5. The van der Waals surface area contributed by atoms with E-state index in [1.165, 1.54) is 11.8 Å². The molecule has 0 atom stereocenters. The molecule has 0 aromatic heterocycles. The zero-order chi connectivity index (χ0) is 9.78. The first-order valence-corrected chi connectivity index (χ1v) is 6.12. The smallest absolute Gasteiger partial charge is 0.265 e. The summed E-state index contributed by atoms with van der Waals surface area (Å²) in [5.74, 6) is 0.0293. The van der Waals surface area contributed by atoms with Gasteiger partial charge in [-0.25, -0.2) is 0 Å². The minimum atomic E-state index is -3.84. The van der Waals surface area contributed by atoms with Gasteiger partial charge in [0.2, 0.25) is 0 Å². The molecule has 0 fully saturated rings. The average Bonchev–Trinajstić information content (AvgIpc) is 1.84. The van der Waals surface area contributed by atoms with Gasteiger partial charge in [0.1, 0.15) is 4.32 Å². The van der Waals surface area contributed by atoms with E-state index in [0.29, 0.717) is 4.32 Å². The van der Waals surface area contributed by atoms with E-state index in [9.17, 15) is 8.42 Å². The molecule has 1 N–H and O–H groups in total. The third-order valence-electron chi connectivity index (χ3n) is 0.932. The second-order valence-corrected chi connectivity index (χ2v) is 5.60. The van der Waals surface area contributed by atoms with Crippen LogP contribution >= 0.6 is 24.0 Å². The molecule has 0 heterocycles. The summed E-state index contributed by atoms with van der Waals surface area (Å²) in [7, 11) is -0.283. The van der Waals surface area contributed by atoms with Gasteiger partial charge in [-0.2, -0.15) is 8.42 Å². The van der Waals surface area contributed by atoms with Gasteiger partial charge in [0.15, 0.2) is 0 Å². The van der Waals surface area contributed by atoms with Crippen molar-refractivity contribution >= 4 is 38.4 Å². The molecule has 7 heteroatoms. The normalized spacial score (nSPS) is 11.2. The maximum absolute atomic E-state index is 10.3. The van der Waals surface area contributed by atoms with E-state index in [1.807, 2.05) is 0 Å². The second kappa shape index (κ2) is 5.00. The molecule has 0 amide bonds. The van der Waals surface area contributed by atoms with Crippen molar-refractivity contribution in [3.8, 4) is 0 Å². The summed E-state index contributed by atoms with van der Waals surface area (Å²) in [6, 6.07) is 0. The van der Waals surface area contributed by atoms with Gasteiger partial charge in [-0.3, -0.25) is 4.55 Å². The van der Waals surface area contributed by atoms with E-state index in [4.69, 9.17) is 16.8 Å². The minimum absolute atomic E-state index is 0.258. The molecule has 0 saturated heterocycles. The van der Waals surface area contributed by atoms with Crippen LogP contribution < -0.4 is 0 Å². The monoisotopic (exact) mass is 229 g/mol. The van der Waals surface area contributed by atoms with Crippen molar-refractivity contribution in [3.05, 3.63) is 0 Å². The van der Waals surface area contributed by atoms with Crippen LogP contribution in [0.1, 0.15) is 0 Å². The van der Waals surface area contributed by atoms with Gasteiger partial charge in [0, 0.05) is 19.8 Å². The SMILES string of the molecule is CN(C)C(=S)SCCS(=O)(=O)O. The first-order chi connectivity index (χ1) is 5.33. The van der Waals surface area contributed by atoms with Crippen LogP contribution in [0.4, 0.5) is 0 Å². The first-order valence-electron chi connectivity index (χ1n) is 3.12. The summed E-state index contributed by atoms with van der Waals surface area (Å²) >= 11 is 6.11. The lowest BCUT2D eigenvalue weighted by Crippen LogP contribution is -2.18. The third kappa shape index (κ3) is 6.84. The van der Waals surface area contributed by atoms with Crippen molar-refractivity contribution in [1.29, 1.82) is 0 Å². The molecule has 0 spiro atoms. The standard InChI is InChI=1S/C5H11NO3S3/c1-6(2)5(10)11-3-4-12(7,8)9/h3-4H2,1-2H3,(H,7,8,9). The van der Waals surface area contributed by atoms with E-state index >= 15 is 0 Å². The maximum Gasteiger partial charge on any atom is 0.265 e. The molecule has 0 aliphatic carbocycles. The Hall–Kier alpha value is 0.150. The predicted octanol–water partition coefficient (Wildman–Crippen LogP) is 0.454. The highest BCUT2D eigenvalue weighted by molar-refractivity contribution is 8.23. The fourth-order valence-corrected chi connectivity index (χ4v) is 2.22. The van der Waals surface area contributed by atoms with E-state index in [1.54, 1.807) is 19.0 Å². The summed E-state index contributed by atoms with van der Waals surface area (Å²) in [6.45, 7) is 0. The van der Waals surface area contributed by atoms with Crippen LogP contribution in [0, 0.1) is 0 Å². The van der Waals surface area contributed by atoms with E-state index in [-0.39, 0.29) is 11.5 Å². The van der Waals surface area contributed by atoms with Crippen LogP contribution in [-0.4, -0.2) is 47.8 Å². The lowest BCUT2D eigenvalue weighted by Gasteiger charge is -2.11. The fraction of sp³-hybridized carbons (Fsp3) is 0.800. The average molecular weight is 229 g/mol. The largest absolute Gasteiger partial charge is 0.364 e. The van der Waals surface area contributed by atoms with Gasteiger partial charge in [-0.1, -0.05) is 24.0 Å². The van der Waals surface area contributed by atoms with E-state index < -0.39 is 10.1 Å². The maximum atomic E-state index is 10.3. The molecule has 0 radical (unpaired) electrons. The number of rotatable bonds is 3. The molecule has 4 nitrogen and oxygen atoms in total. The molecular weight excluding hydrogens is 218 g/mol. The van der Waals surface area contributed by atoms with E-state index in [2.05, 4.69) is 0 Å². The summed E-state index contributed by atoms with van der Waals surface area (Å²) in [6.07, 6.45) is 0. The Morgan fingerprint density at radius 2 is 2.08 bits per heavy atom. The Bertz CT molecular complexity index is 247. The number of hydrogen-bond donors (Lipinski definition) is 1. The van der Waals surface area contributed by atoms with Crippen LogP contribution in [0.3, 0.4) is 0 Å². The van der Waals surface area contributed by atoms with Gasteiger partial charge >= 0.3 is 0 Å². The van der Waals surface area contributed by atoms with Gasteiger partial charge in [0.25, 0.3) is 10.1 Å². The first kappa shape index (κ1) is 12.2. The molecule has 0 unspecified atom stereocenters. The molecule has 0 aromatic carbocycles. The van der Waals surface area contributed by atoms with Crippen molar-refractivity contribution in [1.82, 2.24) is 4.90 Å². The molecular formula is C5H11NO3S3. The Kier molecular flexibility index (Phi) is 5.07. The van der Waals surface area contributed by atoms with Crippen LogP contribution in [0.15, 0.2) is 0 Å². The van der Waals surface area contributed by atoms with Gasteiger partial charge in [-0.05, 0) is 0 Å².